The third-order valence-electron chi connectivity index (χ3n) is 4.66. The number of carboxylic acids is 1. The van der Waals surface area contributed by atoms with Crippen molar-refractivity contribution in [2.24, 2.45) is 5.41 Å². The summed E-state index contributed by atoms with van der Waals surface area (Å²) in [5.74, 6) is -0.921. The van der Waals surface area contributed by atoms with Crippen LogP contribution in [0, 0.1) is 5.41 Å². The molecule has 6 nitrogen and oxygen atoms in total. The molecule has 0 saturated carbocycles. The molecule has 1 fully saturated rings. The molecule has 0 radical (unpaired) electrons. The molecule has 25 heavy (non-hydrogen) atoms. The summed E-state index contributed by atoms with van der Waals surface area (Å²) in [6.07, 6.45) is 2.84. The summed E-state index contributed by atoms with van der Waals surface area (Å²) in [6, 6.07) is 9.11. The average Bonchev–Trinajstić information content (AvgIpc) is 2.61. The van der Waals surface area contributed by atoms with E-state index in [4.69, 9.17) is 5.11 Å². The van der Waals surface area contributed by atoms with Gasteiger partial charge in [0.2, 0.25) is 5.91 Å². The van der Waals surface area contributed by atoms with Gasteiger partial charge in [-0.2, -0.15) is 0 Å². The van der Waals surface area contributed by atoms with Crippen LogP contribution in [-0.2, 0) is 9.59 Å². The molecule has 2 amide bonds. The SMILES string of the molecule is CC1(C(=O)NCCCCC(=O)O)CCCN(C(=O)c2ccccc2)C1. The first-order valence-electron chi connectivity index (χ1n) is 8.77. The highest BCUT2D eigenvalue weighted by Gasteiger charge is 2.39. The third kappa shape index (κ3) is 5.31. The maximum atomic E-state index is 12.6. The number of unbranched alkanes of at least 4 members (excludes halogenated alkanes) is 1. The third-order valence-corrected chi connectivity index (χ3v) is 4.66. The molecule has 1 aromatic rings. The van der Waals surface area contributed by atoms with Crippen molar-refractivity contribution in [2.45, 2.75) is 39.0 Å². The molecule has 1 atom stereocenters. The van der Waals surface area contributed by atoms with Crippen molar-refractivity contribution in [3.8, 4) is 0 Å². The summed E-state index contributed by atoms with van der Waals surface area (Å²) in [4.78, 5) is 37.4. The number of amides is 2. The van der Waals surface area contributed by atoms with E-state index in [1.807, 2.05) is 25.1 Å². The van der Waals surface area contributed by atoms with Crippen molar-refractivity contribution in [3.63, 3.8) is 0 Å². The number of piperidine rings is 1. The van der Waals surface area contributed by atoms with Crippen LogP contribution in [0.25, 0.3) is 0 Å². The van der Waals surface area contributed by atoms with Gasteiger partial charge in [-0.1, -0.05) is 18.2 Å². The maximum Gasteiger partial charge on any atom is 0.303 e. The van der Waals surface area contributed by atoms with Gasteiger partial charge in [-0.3, -0.25) is 14.4 Å². The van der Waals surface area contributed by atoms with Crippen molar-refractivity contribution in [1.82, 2.24) is 10.2 Å². The fourth-order valence-corrected chi connectivity index (χ4v) is 3.18. The molecule has 1 unspecified atom stereocenters. The molecule has 1 aromatic carbocycles. The summed E-state index contributed by atoms with van der Waals surface area (Å²) in [5.41, 5.74) is 0.0380. The molecule has 2 rings (SSSR count). The highest BCUT2D eigenvalue weighted by atomic mass is 16.4. The van der Waals surface area contributed by atoms with Crippen LogP contribution in [0.2, 0.25) is 0 Å². The van der Waals surface area contributed by atoms with Crippen LogP contribution < -0.4 is 5.32 Å². The lowest BCUT2D eigenvalue weighted by Gasteiger charge is -2.39. The minimum atomic E-state index is -0.819. The number of benzene rings is 1. The number of aliphatic carboxylic acids is 1. The minimum Gasteiger partial charge on any atom is -0.481 e. The fraction of sp³-hybridized carbons (Fsp3) is 0.526. The fourth-order valence-electron chi connectivity index (χ4n) is 3.18. The van der Waals surface area contributed by atoms with E-state index in [1.54, 1.807) is 17.0 Å². The van der Waals surface area contributed by atoms with Gasteiger partial charge in [0.05, 0.1) is 5.41 Å². The van der Waals surface area contributed by atoms with E-state index in [-0.39, 0.29) is 18.2 Å². The van der Waals surface area contributed by atoms with Crippen LogP contribution in [-0.4, -0.2) is 47.4 Å². The molecular formula is C19H26N2O4. The van der Waals surface area contributed by atoms with Crippen LogP contribution in [0.5, 0.6) is 0 Å². The number of hydrogen-bond acceptors (Lipinski definition) is 3. The zero-order chi connectivity index (χ0) is 18.3. The Kier molecular flexibility index (Phi) is 6.56. The number of carbonyl (C=O) groups is 3. The van der Waals surface area contributed by atoms with Crippen molar-refractivity contribution in [2.75, 3.05) is 19.6 Å². The Labute approximate surface area is 148 Å². The van der Waals surface area contributed by atoms with Gasteiger partial charge in [-0.05, 0) is 44.7 Å². The number of rotatable bonds is 7. The Morgan fingerprint density at radius 1 is 1.20 bits per heavy atom. The molecule has 0 aromatic heterocycles. The zero-order valence-electron chi connectivity index (χ0n) is 14.7. The van der Waals surface area contributed by atoms with E-state index in [0.29, 0.717) is 38.0 Å². The second kappa shape index (κ2) is 8.65. The second-order valence-electron chi connectivity index (χ2n) is 6.86. The molecule has 0 aliphatic carbocycles. The second-order valence-corrected chi connectivity index (χ2v) is 6.86. The van der Waals surface area contributed by atoms with Crippen LogP contribution in [0.3, 0.4) is 0 Å². The molecular weight excluding hydrogens is 320 g/mol. The van der Waals surface area contributed by atoms with Crippen molar-refractivity contribution < 1.29 is 19.5 Å². The summed E-state index contributed by atoms with van der Waals surface area (Å²) in [7, 11) is 0. The molecule has 1 aliphatic rings. The lowest BCUT2D eigenvalue weighted by Crippen LogP contribution is -2.52. The number of hydrogen-bond donors (Lipinski definition) is 2. The number of carboxylic acid groups (broad SMARTS) is 1. The largest absolute Gasteiger partial charge is 0.481 e. The lowest BCUT2D eigenvalue weighted by atomic mass is 9.80. The van der Waals surface area contributed by atoms with Gasteiger partial charge in [0, 0.05) is 31.6 Å². The summed E-state index contributed by atoms with van der Waals surface area (Å²) in [6.45, 7) is 3.43. The summed E-state index contributed by atoms with van der Waals surface area (Å²) < 4.78 is 0. The molecule has 1 heterocycles. The molecule has 1 saturated heterocycles. The molecule has 136 valence electrons. The van der Waals surface area contributed by atoms with Gasteiger partial charge >= 0.3 is 5.97 Å². The van der Waals surface area contributed by atoms with E-state index in [9.17, 15) is 14.4 Å². The molecule has 0 bridgehead atoms. The average molecular weight is 346 g/mol. The van der Waals surface area contributed by atoms with Crippen LogP contribution in [0.4, 0.5) is 0 Å². The Hall–Kier alpha value is -2.37. The first-order chi connectivity index (χ1) is 11.9. The van der Waals surface area contributed by atoms with Crippen LogP contribution >= 0.6 is 0 Å². The number of likely N-dealkylation sites (tertiary alicyclic amines) is 1. The summed E-state index contributed by atoms with van der Waals surface area (Å²) >= 11 is 0. The number of nitrogens with zero attached hydrogens (tertiary/aromatic N) is 1. The molecule has 0 spiro atoms. The van der Waals surface area contributed by atoms with Crippen molar-refractivity contribution in [1.29, 1.82) is 0 Å². The van der Waals surface area contributed by atoms with Gasteiger partial charge in [0.1, 0.15) is 0 Å². The smallest absolute Gasteiger partial charge is 0.303 e. The van der Waals surface area contributed by atoms with Crippen molar-refractivity contribution in [3.05, 3.63) is 35.9 Å². The first-order valence-corrected chi connectivity index (χ1v) is 8.77. The quantitative estimate of drug-likeness (QED) is 0.742. The number of carbonyl (C=O) groups excluding carboxylic acids is 2. The monoisotopic (exact) mass is 346 g/mol. The van der Waals surface area contributed by atoms with Gasteiger partial charge in [-0.25, -0.2) is 0 Å². The first kappa shape index (κ1) is 19.0. The topological polar surface area (TPSA) is 86.7 Å². The molecule has 2 N–H and O–H groups in total. The number of nitrogens with one attached hydrogen (secondary N) is 1. The van der Waals surface area contributed by atoms with Gasteiger partial charge < -0.3 is 15.3 Å². The summed E-state index contributed by atoms with van der Waals surface area (Å²) in [5, 5.41) is 11.5. The van der Waals surface area contributed by atoms with Crippen LogP contribution in [0.1, 0.15) is 49.4 Å². The Balaban J connectivity index is 1.88. The maximum absolute atomic E-state index is 12.6. The van der Waals surface area contributed by atoms with E-state index >= 15 is 0 Å². The van der Waals surface area contributed by atoms with Crippen molar-refractivity contribution >= 4 is 17.8 Å². The highest BCUT2D eigenvalue weighted by molar-refractivity contribution is 5.95. The normalized spacial score (nSPS) is 20.1. The predicted molar refractivity (Wildman–Crippen MR) is 94.2 cm³/mol. The Morgan fingerprint density at radius 2 is 1.92 bits per heavy atom. The lowest BCUT2D eigenvalue weighted by molar-refractivity contribution is -0.137. The Bertz CT molecular complexity index is 617. The van der Waals surface area contributed by atoms with Crippen LogP contribution in [0.15, 0.2) is 30.3 Å². The molecule has 6 heteroatoms. The highest BCUT2D eigenvalue weighted by Crippen LogP contribution is 2.30. The van der Waals surface area contributed by atoms with Gasteiger partial charge in [0.25, 0.3) is 5.91 Å². The van der Waals surface area contributed by atoms with E-state index < -0.39 is 11.4 Å². The zero-order valence-corrected chi connectivity index (χ0v) is 14.7. The molecule has 1 aliphatic heterocycles. The standard InChI is InChI=1S/C19H26N2O4/c1-19(18(25)20-12-6-5-10-16(22)23)11-7-13-21(14-19)17(24)15-8-3-2-4-9-15/h2-4,8-9H,5-7,10-14H2,1H3,(H,20,25)(H,22,23). The minimum absolute atomic E-state index is 0.0409. The van der Waals surface area contributed by atoms with Gasteiger partial charge in [0.15, 0.2) is 0 Å². The van der Waals surface area contributed by atoms with E-state index in [0.717, 1.165) is 12.8 Å². The van der Waals surface area contributed by atoms with E-state index in [2.05, 4.69) is 5.32 Å². The predicted octanol–water partition coefficient (Wildman–Crippen LogP) is 2.30. The van der Waals surface area contributed by atoms with Gasteiger partial charge in [-0.15, -0.1) is 0 Å². The van der Waals surface area contributed by atoms with E-state index in [1.165, 1.54) is 0 Å². The Morgan fingerprint density at radius 3 is 2.60 bits per heavy atom.